The zero-order chi connectivity index (χ0) is 28.6. The second-order valence-corrected chi connectivity index (χ2v) is 8.35. The van der Waals surface area contributed by atoms with Crippen LogP contribution in [0.25, 0.3) is 11.4 Å². The molecule has 0 aliphatic rings. The molecule has 3 heterocycles. The summed E-state index contributed by atoms with van der Waals surface area (Å²) in [6, 6.07) is 8.67. The molecule has 4 rings (SSSR count). The van der Waals surface area contributed by atoms with E-state index in [0.717, 1.165) is 11.3 Å². The smallest absolute Gasteiger partial charge is 0.281 e. The largest absolute Gasteiger partial charge is 0.493 e. The number of rotatable bonds is 11. The lowest BCUT2D eigenvalue weighted by atomic mass is 10.1. The van der Waals surface area contributed by atoms with Gasteiger partial charge in [-0.1, -0.05) is 0 Å². The number of carbonyl (C=O) groups excluding carboxylic acids is 1. The monoisotopic (exact) mass is 542 g/mol. The molecule has 0 radical (unpaired) electrons. The Morgan fingerprint density at radius 1 is 1.12 bits per heavy atom. The highest BCUT2D eigenvalue weighted by Crippen LogP contribution is 2.38. The fourth-order valence-electron chi connectivity index (χ4n) is 3.88. The van der Waals surface area contributed by atoms with Gasteiger partial charge in [0.05, 0.1) is 50.8 Å². The van der Waals surface area contributed by atoms with Gasteiger partial charge in [-0.25, -0.2) is 9.67 Å². The van der Waals surface area contributed by atoms with Gasteiger partial charge in [0.2, 0.25) is 0 Å². The summed E-state index contributed by atoms with van der Waals surface area (Å²) in [5.74, 6) is 2.21. The lowest BCUT2D eigenvalue weighted by Gasteiger charge is -2.15. The number of hydrogen-bond donors (Lipinski definition) is 1. The minimum absolute atomic E-state index is 0.126. The zero-order valence-corrected chi connectivity index (χ0v) is 23.0. The van der Waals surface area contributed by atoms with Crippen LogP contribution in [0.5, 0.6) is 23.0 Å². The molecule has 206 valence electrons. The van der Waals surface area contributed by atoms with Crippen LogP contribution in [0.3, 0.4) is 0 Å². The first-order valence-corrected chi connectivity index (χ1v) is 12.4. The van der Waals surface area contributed by atoms with Crippen LogP contribution in [0.15, 0.2) is 66.2 Å². The van der Waals surface area contributed by atoms with Crippen LogP contribution in [0.4, 0.5) is 11.5 Å². The molecule has 0 aliphatic carbocycles. The summed E-state index contributed by atoms with van der Waals surface area (Å²) in [6.45, 7) is 9.63. The van der Waals surface area contributed by atoms with Crippen LogP contribution in [-0.2, 0) is 0 Å². The molecule has 4 aromatic rings. The Bertz CT molecular complexity index is 1550. The van der Waals surface area contributed by atoms with Gasteiger partial charge in [0.15, 0.2) is 22.9 Å². The third-order valence-electron chi connectivity index (χ3n) is 5.86. The van der Waals surface area contributed by atoms with Crippen molar-refractivity contribution in [2.75, 3.05) is 26.1 Å². The first-order valence-electron chi connectivity index (χ1n) is 12.4. The number of carbonyl (C=O) groups is 1. The maximum atomic E-state index is 13.1. The van der Waals surface area contributed by atoms with Gasteiger partial charge in [0.1, 0.15) is 17.3 Å². The standard InChI is InChI=1S/C29H30N6O5/c1-7-23(20-13-24(37-5)25(38-6)14-21(20)30-4)40-19-9-10-27(32-15-19)33-29(36)28-26(39-8-2)17-35(34-28)22-16-31-12-11-18(22)3/h7,9-17H,4,8H2,1-3,5-6H3,(H,32,33,36)/b23-7+. The Morgan fingerprint density at radius 3 is 2.52 bits per heavy atom. The van der Waals surface area contributed by atoms with Crippen molar-refractivity contribution in [1.29, 1.82) is 0 Å². The van der Waals surface area contributed by atoms with Crippen molar-refractivity contribution in [3.05, 3.63) is 78.0 Å². The summed E-state index contributed by atoms with van der Waals surface area (Å²) in [6.07, 6.45) is 8.32. The number of allylic oxidation sites excluding steroid dienone is 1. The lowest BCUT2D eigenvalue weighted by Crippen LogP contribution is -2.15. The molecule has 1 aromatic carbocycles. The van der Waals surface area contributed by atoms with Crippen molar-refractivity contribution in [3.63, 3.8) is 0 Å². The number of pyridine rings is 2. The number of benzene rings is 1. The van der Waals surface area contributed by atoms with Gasteiger partial charge in [0.25, 0.3) is 5.91 Å². The number of hydrogen-bond acceptors (Lipinski definition) is 9. The number of aryl methyl sites for hydroxylation is 1. The molecule has 0 saturated carbocycles. The summed E-state index contributed by atoms with van der Waals surface area (Å²) in [5.41, 5.74) is 3.05. The zero-order valence-electron chi connectivity index (χ0n) is 23.0. The molecule has 0 fully saturated rings. The Hall–Kier alpha value is -5.19. The van der Waals surface area contributed by atoms with E-state index in [1.807, 2.05) is 26.8 Å². The molecule has 0 bridgehead atoms. The summed E-state index contributed by atoms with van der Waals surface area (Å²) in [5, 5.41) is 7.21. The van der Waals surface area contributed by atoms with Gasteiger partial charge in [-0.3, -0.25) is 14.8 Å². The number of ether oxygens (including phenoxy) is 4. The average Bonchev–Trinajstić information content (AvgIpc) is 3.40. The highest BCUT2D eigenvalue weighted by molar-refractivity contribution is 6.04. The highest BCUT2D eigenvalue weighted by Gasteiger charge is 2.21. The second-order valence-electron chi connectivity index (χ2n) is 8.35. The van der Waals surface area contributed by atoms with Crippen LogP contribution in [0, 0.1) is 6.92 Å². The lowest BCUT2D eigenvalue weighted by molar-refractivity contribution is 0.101. The molecule has 40 heavy (non-hydrogen) atoms. The summed E-state index contributed by atoms with van der Waals surface area (Å²) >= 11 is 0. The van der Waals surface area contributed by atoms with Crippen molar-refractivity contribution in [1.82, 2.24) is 19.7 Å². The second kappa shape index (κ2) is 12.6. The summed E-state index contributed by atoms with van der Waals surface area (Å²) in [7, 11) is 3.10. The van der Waals surface area contributed by atoms with Crippen molar-refractivity contribution >= 4 is 29.9 Å². The molecular formula is C29H30N6O5. The van der Waals surface area contributed by atoms with Crippen LogP contribution in [0.1, 0.15) is 35.5 Å². The van der Waals surface area contributed by atoms with Gasteiger partial charge in [-0.2, -0.15) is 5.10 Å². The fourth-order valence-corrected chi connectivity index (χ4v) is 3.88. The van der Waals surface area contributed by atoms with Crippen molar-refractivity contribution in [3.8, 4) is 28.7 Å². The predicted octanol–water partition coefficient (Wildman–Crippen LogP) is 5.41. The van der Waals surface area contributed by atoms with Crippen LogP contribution >= 0.6 is 0 Å². The van der Waals surface area contributed by atoms with E-state index >= 15 is 0 Å². The fraction of sp³-hybridized carbons (Fsp3) is 0.207. The molecule has 0 aliphatic heterocycles. The Kier molecular flexibility index (Phi) is 8.75. The average molecular weight is 543 g/mol. The number of nitrogens with zero attached hydrogens (tertiary/aromatic N) is 5. The molecule has 0 spiro atoms. The first-order chi connectivity index (χ1) is 19.4. The van der Waals surface area contributed by atoms with E-state index in [-0.39, 0.29) is 5.69 Å². The van der Waals surface area contributed by atoms with Crippen molar-refractivity contribution < 1.29 is 23.7 Å². The van der Waals surface area contributed by atoms with E-state index in [1.54, 1.807) is 67.8 Å². The number of amides is 1. The quantitative estimate of drug-likeness (QED) is 0.197. The van der Waals surface area contributed by atoms with Crippen LogP contribution < -0.4 is 24.3 Å². The molecule has 3 aromatic heterocycles. The van der Waals surface area contributed by atoms with E-state index in [1.165, 1.54) is 6.20 Å². The van der Waals surface area contributed by atoms with Crippen LogP contribution in [-0.4, -0.2) is 53.2 Å². The molecule has 0 atom stereocenters. The SMILES string of the molecule is C=Nc1cc(OC)c(OC)cc1/C(=C\C)Oc1ccc(NC(=O)c2nn(-c3cnccc3C)cc2OCC)nc1. The van der Waals surface area contributed by atoms with E-state index < -0.39 is 5.91 Å². The third-order valence-corrected chi connectivity index (χ3v) is 5.86. The van der Waals surface area contributed by atoms with E-state index in [2.05, 4.69) is 32.1 Å². The molecule has 1 N–H and O–H groups in total. The molecular weight excluding hydrogens is 512 g/mol. The summed E-state index contributed by atoms with van der Waals surface area (Å²) in [4.78, 5) is 25.7. The van der Waals surface area contributed by atoms with Gasteiger partial charge in [-0.05, 0) is 63.4 Å². The third kappa shape index (κ3) is 5.93. The highest BCUT2D eigenvalue weighted by atomic mass is 16.5. The Balaban J connectivity index is 1.53. The van der Waals surface area contributed by atoms with Gasteiger partial charge >= 0.3 is 0 Å². The van der Waals surface area contributed by atoms with Gasteiger partial charge < -0.3 is 24.3 Å². The number of methoxy groups -OCH3 is 2. The molecule has 11 nitrogen and oxygen atoms in total. The van der Waals surface area contributed by atoms with Crippen LogP contribution in [0.2, 0.25) is 0 Å². The van der Waals surface area contributed by atoms with Gasteiger partial charge in [-0.15, -0.1) is 0 Å². The number of aromatic nitrogens is 4. The molecule has 11 heteroatoms. The van der Waals surface area contributed by atoms with Gasteiger partial charge in [0, 0.05) is 17.8 Å². The maximum absolute atomic E-state index is 13.1. The first kappa shape index (κ1) is 27.8. The van der Waals surface area contributed by atoms with E-state index in [0.29, 0.717) is 52.4 Å². The van der Waals surface area contributed by atoms with E-state index in [4.69, 9.17) is 18.9 Å². The number of anilines is 1. The number of aliphatic imine (C=N–C) groups is 1. The normalized spacial score (nSPS) is 11.1. The predicted molar refractivity (Wildman–Crippen MR) is 152 cm³/mol. The Morgan fingerprint density at radius 2 is 1.90 bits per heavy atom. The topological polar surface area (TPSA) is 122 Å². The molecule has 0 saturated heterocycles. The summed E-state index contributed by atoms with van der Waals surface area (Å²) < 4.78 is 24.1. The molecule has 1 amide bonds. The molecule has 0 unspecified atom stereocenters. The van der Waals surface area contributed by atoms with Crippen molar-refractivity contribution in [2.24, 2.45) is 4.99 Å². The van der Waals surface area contributed by atoms with E-state index in [9.17, 15) is 4.79 Å². The Labute approximate surface area is 232 Å². The minimum Gasteiger partial charge on any atom is -0.493 e. The van der Waals surface area contributed by atoms with Crippen molar-refractivity contribution in [2.45, 2.75) is 20.8 Å². The minimum atomic E-state index is -0.467. The maximum Gasteiger partial charge on any atom is 0.281 e. The number of nitrogens with one attached hydrogen (secondary N) is 1.